The van der Waals surface area contributed by atoms with Crippen molar-refractivity contribution in [3.63, 3.8) is 0 Å². The molecule has 0 unspecified atom stereocenters. The van der Waals surface area contributed by atoms with Gasteiger partial charge in [0.05, 0.1) is 17.1 Å². The topological polar surface area (TPSA) is 140 Å². The van der Waals surface area contributed by atoms with E-state index in [2.05, 4.69) is 9.97 Å². The van der Waals surface area contributed by atoms with Crippen LogP contribution in [0.4, 0.5) is 41.9 Å². The molecular formula is C40H51B51N7O7. The van der Waals surface area contributed by atoms with Gasteiger partial charge < -0.3 is 14.2 Å². The zero-order chi connectivity index (χ0) is 79.1. The van der Waals surface area contributed by atoms with E-state index in [-0.39, 0.29) is 32.3 Å². The highest BCUT2D eigenvalue weighted by molar-refractivity contribution is 8.35. The Morgan fingerprint density at radius 1 is 0.467 bits per heavy atom. The maximum atomic E-state index is 12.5. The Morgan fingerprint density at radius 2 is 0.800 bits per heavy atom. The van der Waals surface area contributed by atoms with Crippen molar-refractivity contribution in [1.82, 2.24) is 14.5 Å². The quantitative estimate of drug-likeness (QED) is 0.0402. The number of carbonyl (C=O) groups excluding carboxylic acids is 4. The van der Waals surface area contributed by atoms with E-state index >= 15 is 0 Å². The number of aromatic nitrogens is 3. The van der Waals surface area contributed by atoms with Crippen LogP contribution in [0.3, 0.4) is 0 Å². The molecule has 53 radical (unpaired) electrons. The van der Waals surface area contributed by atoms with Gasteiger partial charge in [0.25, 0.3) is 0 Å². The van der Waals surface area contributed by atoms with Gasteiger partial charge in [0.2, 0.25) is 0 Å². The van der Waals surface area contributed by atoms with Gasteiger partial charge in [-0.2, -0.15) is 0 Å². The van der Waals surface area contributed by atoms with Gasteiger partial charge in [-0.1, -0.05) is 25.6 Å². The summed E-state index contributed by atoms with van der Waals surface area (Å²) in [5, 5.41) is 0. The lowest BCUT2D eigenvalue weighted by Gasteiger charge is -2.57. The molecule has 0 fully saturated rings. The normalized spacial score (nSPS) is 11.4. The van der Waals surface area contributed by atoms with Gasteiger partial charge in [-0.3, -0.25) is 29.2 Å². The Labute approximate surface area is 674 Å². The van der Waals surface area contributed by atoms with E-state index in [0.717, 1.165) is 42.4 Å². The molecule has 0 aliphatic carbocycles. The van der Waals surface area contributed by atoms with Crippen LogP contribution in [0.1, 0.15) is 65.8 Å². The fraction of sp³-hybridized carbons (Fsp3) is 0.400. The summed E-state index contributed by atoms with van der Waals surface area (Å²) in [7, 11) is 172. The fourth-order valence-corrected chi connectivity index (χ4v) is 14.2. The monoisotopic (exact) mass is 1300 g/mol. The highest BCUT2D eigenvalue weighted by Gasteiger charge is 2.60. The highest BCUT2D eigenvalue weighted by atomic mass is 16.6. The van der Waals surface area contributed by atoms with Crippen molar-refractivity contribution >= 4 is 409 Å². The molecule has 441 valence electrons. The predicted octanol–water partition coefficient (Wildman–Crippen LogP) is -11.3. The van der Waals surface area contributed by atoms with E-state index < -0.39 is 171 Å². The number of carbonyl (C=O) groups is 4. The van der Waals surface area contributed by atoms with Crippen LogP contribution in [-0.4, -0.2) is 439 Å². The molecule has 6 rings (SSSR count). The summed E-state index contributed by atoms with van der Waals surface area (Å²) in [6.45, 7) is 12.3. The number of anilines is 4. The third kappa shape index (κ3) is 26.8. The van der Waals surface area contributed by atoms with Gasteiger partial charge in [0, 0.05) is 419 Å². The van der Waals surface area contributed by atoms with E-state index in [1.54, 1.807) is 54.6 Å². The summed E-state index contributed by atoms with van der Waals surface area (Å²) in [6.07, 6.45) is -24.1. The van der Waals surface area contributed by atoms with Gasteiger partial charge >= 0.3 is 24.3 Å². The largest absolute Gasteiger partial charge is 0.443 e. The Hall–Kier alpha value is -2.61. The van der Waals surface area contributed by atoms with Crippen LogP contribution >= 0.6 is 0 Å². The summed E-state index contributed by atoms with van der Waals surface area (Å²) in [5.74, 6) is 0. The molecule has 0 atom stereocenters. The van der Waals surface area contributed by atoms with E-state index in [1.807, 2.05) is 84.0 Å². The molecule has 0 N–H and O–H groups in total. The number of fused-ring (bicyclic) bond motifs is 2. The first-order chi connectivity index (χ1) is 48.2. The Balaban J connectivity index is 0.000000442. The van der Waals surface area contributed by atoms with Gasteiger partial charge in [0.1, 0.15) is 24.1 Å². The number of hydrogen-bond donors (Lipinski definition) is 0. The average Bonchev–Trinajstić information content (AvgIpc) is 1.57. The second-order valence-corrected chi connectivity index (χ2v) is 28.7. The van der Waals surface area contributed by atoms with Crippen LogP contribution in [0.5, 0.6) is 0 Å². The second kappa shape index (κ2) is 43.4. The number of rotatable bonds is 28. The average molecular weight is 1290 g/mol. The van der Waals surface area contributed by atoms with Crippen molar-refractivity contribution in [2.75, 3.05) is 46.8 Å². The zero-order valence-corrected chi connectivity index (χ0v) is 61.0. The third-order valence-electron chi connectivity index (χ3n) is 18.7. The lowest BCUT2D eigenvalue weighted by Crippen LogP contribution is -2.95. The standard InChI is InChI=1S/C21H25N3O4.C18H22N4O3.CH4.B51/c1-21(2,3)28-20(26)24-12-10-15-8-9-17(13-18(15)24)23(4)19(25)27-14-16-7-5-6-11-22-16;1-18(2,3)25-17(24)22-9-7-13-5-6-14(11-15(13)22)20(4)16(23)21-10-8-19-12-21;;1-27-40(26)47(41(28(2)3)29(4)5)50(46(38(22)23)39(24)25)51(48(42(30(6)7)31(8)9)43(32(10)11)33(12)13)49(44(34(14)15)35(16)17)45(36(18)19)37(20)21/h5-9,11,13H,10,12,14H2,1-4H3;5-6,8,10-12H,7,9H2,1-4H3;1H4;. The number of hydrogen-bond acceptors (Lipinski definition) is 9. The zero-order valence-electron chi connectivity index (χ0n) is 61.0. The van der Waals surface area contributed by atoms with Crippen molar-refractivity contribution < 1.29 is 33.4 Å². The molecule has 65 heteroatoms. The van der Waals surface area contributed by atoms with Crippen LogP contribution in [0, 0.1) is 0 Å². The van der Waals surface area contributed by atoms with Crippen LogP contribution in [0.25, 0.3) is 0 Å². The van der Waals surface area contributed by atoms with Gasteiger partial charge in [-0.05, 0) is 102 Å². The Morgan fingerprint density at radius 3 is 1.10 bits per heavy atom. The van der Waals surface area contributed by atoms with Crippen molar-refractivity contribution in [3.05, 3.63) is 96.3 Å². The number of benzene rings is 2. The molecule has 4 amide bonds. The maximum absolute atomic E-state index is 12.5. The third-order valence-corrected chi connectivity index (χ3v) is 18.7. The van der Waals surface area contributed by atoms with Gasteiger partial charge in [-0.25, -0.2) is 24.2 Å². The maximum Gasteiger partial charge on any atom is 0.414 e. The molecule has 14 nitrogen and oxygen atoms in total. The number of amides is 4. The smallest absolute Gasteiger partial charge is 0.414 e. The molecule has 105 heavy (non-hydrogen) atoms. The Kier molecular flexibility index (Phi) is 40.0. The van der Waals surface area contributed by atoms with Crippen molar-refractivity contribution in [1.29, 1.82) is 0 Å². The molecular weight excluding hydrogens is 1240 g/mol. The molecule has 2 aliphatic rings. The number of pyridine rings is 1. The summed E-state index contributed by atoms with van der Waals surface area (Å²) < 4.78 is 17.7. The SMILES string of the molecule is C.CN(C(=O)OCc1ccccn1)c1ccc2c(c1)N(C(=O)OC(C)(C)C)CC2.CN(C(=O)n1ccnc1)c1ccc2c(c1)N(C(=O)OC(C)(C)C)CC2.[B][B]B([B])B(B(B([B])[B])B([B])[B])B(B(B([B])[B])B([B])[B])B(B(B(B([B])[B])B([B])[B])B(B([B])[B])B([B])[B])B(B(B([B])[B])B([B])[B])B(B([B])[B])B([B])[B]. The molecule has 0 spiro atoms. The lowest BCUT2D eigenvalue weighted by atomic mass is 8.24. The van der Waals surface area contributed by atoms with E-state index in [9.17, 15) is 19.2 Å². The summed E-state index contributed by atoms with van der Waals surface area (Å²) >= 11 is 0. The molecule has 2 aromatic heterocycles. The van der Waals surface area contributed by atoms with E-state index in [4.69, 9.17) is 215 Å². The second-order valence-electron chi connectivity index (χ2n) is 28.7. The summed E-state index contributed by atoms with van der Waals surface area (Å²) in [4.78, 5) is 64.0. The van der Waals surface area contributed by atoms with Crippen LogP contribution in [0.15, 0.2) is 79.5 Å². The highest BCUT2D eigenvalue weighted by Crippen LogP contribution is 2.35. The first-order valence-corrected chi connectivity index (χ1v) is 34.0. The van der Waals surface area contributed by atoms with E-state index in [0.29, 0.717) is 30.2 Å². The lowest BCUT2D eigenvalue weighted by molar-refractivity contribution is 0.0573. The van der Waals surface area contributed by atoms with Crippen LogP contribution in [0.2, 0.25) is 0 Å². The van der Waals surface area contributed by atoms with Gasteiger partial charge in [0.15, 0.2) is 0 Å². The molecule has 0 bridgehead atoms. The number of imidazole rings is 1. The molecule has 2 aliphatic heterocycles. The molecule has 4 heterocycles. The first kappa shape index (κ1) is 96.6. The van der Waals surface area contributed by atoms with Crippen LogP contribution < -0.4 is 19.6 Å². The fourth-order valence-electron chi connectivity index (χ4n) is 14.2. The Bertz CT molecular complexity index is 3180. The predicted molar refractivity (Wildman–Crippen MR) is 502 cm³/mol. The molecule has 2 aromatic carbocycles. The van der Waals surface area contributed by atoms with Crippen molar-refractivity contribution in [2.24, 2.45) is 0 Å². The minimum atomic E-state index is -1.36. The molecule has 4 aromatic rings. The summed E-state index contributed by atoms with van der Waals surface area (Å²) in [6, 6.07) is 16.5. The van der Waals surface area contributed by atoms with Crippen molar-refractivity contribution in [3.8, 4) is 0 Å². The van der Waals surface area contributed by atoms with Crippen molar-refractivity contribution in [2.45, 2.75) is 79.6 Å². The van der Waals surface area contributed by atoms with E-state index in [1.165, 1.54) is 20.7 Å². The summed E-state index contributed by atoms with van der Waals surface area (Å²) in [5.41, 5.74) is 4.56. The molecule has 0 saturated heterocycles. The number of ether oxygens (including phenoxy) is 3. The van der Waals surface area contributed by atoms with Crippen LogP contribution in [-0.2, 0) is 33.7 Å². The molecule has 0 saturated carbocycles. The number of nitrogens with zero attached hydrogens (tertiary/aromatic N) is 7. The minimum Gasteiger partial charge on any atom is -0.443 e. The minimum absolute atomic E-state index is 0. The first-order valence-electron chi connectivity index (χ1n) is 34.0. The van der Waals surface area contributed by atoms with Gasteiger partial charge in [-0.15, -0.1) is 0 Å².